The number of piperazine rings is 1. The lowest BCUT2D eigenvalue weighted by molar-refractivity contribution is -0.131. The van der Waals surface area contributed by atoms with E-state index in [0.29, 0.717) is 18.2 Å². The summed E-state index contributed by atoms with van der Waals surface area (Å²) in [5.74, 6) is 3.13. The van der Waals surface area contributed by atoms with Gasteiger partial charge in [-0.15, -0.1) is 11.3 Å². The largest absolute Gasteiger partial charge is 0.352 e. The van der Waals surface area contributed by atoms with Crippen LogP contribution in [-0.2, 0) is 17.6 Å². The fourth-order valence-electron chi connectivity index (χ4n) is 5.96. The Morgan fingerprint density at radius 2 is 1.73 bits per heavy atom. The standard InChI is InChI=1S/C27H40N4OS/c1-2-3-4-8-15-23(32)30-16-18-31(19-17-30)26-24-21-13-9-10-14-22(21)33-27(24)29-25(28-26)20-11-6-5-7-12-20/h20H,2-19H2,1H3. The van der Waals surface area contributed by atoms with E-state index in [2.05, 4.69) is 16.7 Å². The monoisotopic (exact) mass is 468 g/mol. The lowest BCUT2D eigenvalue weighted by Crippen LogP contribution is -2.49. The van der Waals surface area contributed by atoms with E-state index in [1.807, 2.05) is 11.3 Å². The maximum atomic E-state index is 12.7. The fourth-order valence-corrected chi connectivity index (χ4v) is 7.22. The zero-order valence-corrected chi connectivity index (χ0v) is 21.2. The molecule has 5 nitrogen and oxygen atoms in total. The molecule has 2 aromatic heterocycles. The van der Waals surface area contributed by atoms with Gasteiger partial charge in [0.2, 0.25) is 5.91 Å². The Labute approximate surface area is 203 Å². The summed E-state index contributed by atoms with van der Waals surface area (Å²) in [6.45, 7) is 5.64. The van der Waals surface area contributed by atoms with E-state index in [1.54, 1.807) is 4.88 Å². The lowest BCUT2D eigenvalue weighted by atomic mass is 9.88. The second-order valence-electron chi connectivity index (χ2n) is 10.3. The molecule has 33 heavy (non-hydrogen) atoms. The van der Waals surface area contributed by atoms with Crippen LogP contribution in [-0.4, -0.2) is 47.0 Å². The first-order valence-electron chi connectivity index (χ1n) is 13.6. The van der Waals surface area contributed by atoms with Gasteiger partial charge in [0.15, 0.2) is 0 Å². The van der Waals surface area contributed by atoms with Crippen LogP contribution < -0.4 is 4.90 Å². The van der Waals surface area contributed by atoms with Crippen LogP contribution in [0.4, 0.5) is 5.82 Å². The zero-order chi connectivity index (χ0) is 22.6. The van der Waals surface area contributed by atoms with Gasteiger partial charge in [0.1, 0.15) is 16.5 Å². The summed E-state index contributed by atoms with van der Waals surface area (Å²) in [6.07, 6.45) is 16.8. The van der Waals surface area contributed by atoms with Crippen molar-refractivity contribution in [2.24, 2.45) is 0 Å². The molecule has 3 heterocycles. The predicted octanol–water partition coefficient (Wildman–Crippen LogP) is 6.24. The minimum Gasteiger partial charge on any atom is -0.352 e. The summed E-state index contributed by atoms with van der Waals surface area (Å²) in [4.78, 5) is 30.5. The summed E-state index contributed by atoms with van der Waals surface area (Å²) in [6, 6.07) is 0. The molecule has 2 aliphatic carbocycles. The zero-order valence-electron chi connectivity index (χ0n) is 20.4. The predicted molar refractivity (Wildman–Crippen MR) is 137 cm³/mol. The van der Waals surface area contributed by atoms with E-state index < -0.39 is 0 Å². The van der Waals surface area contributed by atoms with Gasteiger partial charge in [-0.2, -0.15) is 0 Å². The molecule has 0 spiro atoms. The molecule has 0 unspecified atom stereocenters. The Morgan fingerprint density at radius 3 is 2.52 bits per heavy atom. The molecule has 2 fully saturated rings. The average Bonchev–Trinajstić information content (AvgIpc) is 3.25. The van der Waals surface area contributed by atoms with E-state index >= 15 is 0 Å². The van der Waals surface area contributed by atoms with Gasteiger partial charge in [0.25, 0.3) is 0 Å². The van der Waals surface area contributed by atoms with Crippen molar-refractivity contribution < 1.29 is 4.79 Å². The van der Waals surface area contributed by atoms with E-state index in [0.717, 1.165) is 38.4 Å². The highest BCUT2D eigenvalue weighted by Gasteiger charge is 2.29. The van der Waals surface area contributed by atoms with E-state index in [4.69, 9.17) is 9.97 Å². The van der Waals surface area contributed by atoms with Gasteiger partial charge in [-0.1, -0.05) is 45.4 Å². The molecule has 180 valence electrons. The molecule has 0 aromatic carbocycles. The van der Waals surface area contributed by atoms with Crippen molar-refractivity contribution in [3.8, 4) is 0 Å². The summed E-state index contributed by atoms with van der Waals surface area (Å²) < 4.78 is 0. The maximum Gasteiger partial charge on any atom is 0.222 e. The minimum atomic E-state index is 0.342. The van der Waals surface area contributed by atoms with Gasteiger partial charge >= 0.3 is 0 Å². The molecule has 1 saturated heterocycles. The van der Waals surface area contributed by atoms with Crippen LogP contribution in [0.25, 0.3) is 10.2 Å². The van der Waals surface area contributed by atoms with Crippen LogP contribution in [0.3, 0.4) is 0 Å². The normalized spacial score (nSPS) is 19.8. The topological polar surface area (TPSA) is 49.3 Å². The number of unbranched alkanes of at least 4 members (excludes halogenated alkanes) is 3. The Bertz CT molecular complexity index is 957. The molecule has 1 amide bonds. The molecular formula is C27H40N4OS. The molecule has 6 heteroatoms. The Hall–Kier alpha value is -1.69. The first-order chi connectivity index (χ1) is 16.2. The number of carbonyl (C=O) groups excluding carboxylic acids is 1. The molecule has 2 aromatic rings. The van der Waals surface area contributed by atoms with Crippen molar-refractivity contribution in [2.75, 3.05) is 31.1 Å². The van der Waals surface area contributed by atoms with Crippen molar-refractivity contribution in [2.45, 2.75) is 103 Å². The van der Waals surface area contributed by atoms with Gasteiger partial charge in [-0.05, 0) is 50.5 Å². The molecule has 0 radical (unpaired) electrons. The number of hydrogen-bond donors (Lipinski definition) is 0. The summed E-state index contributed by atoms with van der Waals surface area (Å²) in [5.41, 5.74) is 1.53. The van der Waals surface area contributed by atoms with Crippen molar-refractivity contribution in [1.82, 2.24) is 14.9 Å². The van der Waals surface area contributed by atoms with Gasteiger partial charge in [0.05, 0.1) is 5.39 Å². The first kappa shape index (κ1) is 23.1. The van der Waals surface area contributed by atoms with E-state index in [1.165, 1.54) is 98.6 Å². The lowest BCUT2D eigenvalue weighted by Gasteiger charge is -2.36. The van der Waals surface area contributed by atoms with E-state index in [9.17, 15) is 4.79 Å². The van der Waals surface area contributed by atoms with Gasteiger partial charge in [0, 0.05) is 43.4 Å². The van der Waals surface area contributed by atoms with Gasteiger partial charge in [-0.25, -0.2) is 9.97 Å². The SMILES string of the molecule is CCCCCCC(=O)N1CCN(c2nc(C3CCCCC3)nc3sc4c(c23)CCCC4)CC1. The second kappa shape index (κ2) is 10.7. The third kappa shape index (κ3) is 5.06. The number of amides is 1. The Kier molecular flexibility index (Phi) is 7.49. The van der Waals surface area contributed by atoms with Crippen LogP contribution in [0.5, 0.6) is 0 Å². The average molecular weight is 469 g/mol. The number of hydrogen-bond acceptors (Lipinski definition) is 5. The molecule has 3 aliphatic rings. The number of fused-ring (bicyclic) bond motifs is 3. The number of carbonyl (C=O) groups is 1. The van der Waals surface area contributed by atoms with Crippen LogP contribution in [0.1, 0.15) is 106 Å². The number of rotatable bonds is 7. The second-order valence-corrected chi connectivity index (χ2v) is 11.4. The molecule has 5 rings (SSSR count). The third-order valence-corrected chi connectivity index (χ3v) is 9.14. The molecule has 0 bridgehead atoms. The highest BCUT2D eigenvalue weighted by atomic mass is 32.1. The summed E-state index contributed by atoms with van der Waals surface area (Å²) in [5, 5.41) is 1.34. The van der Waals surface area contributed by atoms with Gasteiger partial charge < -0.3 is 9.80 Å². The maximum absolute atomic E-state index is 12.7. The van der Waals surface area contributed by atoms with Crippen LogP contribution >= 0.6 is 11.3 Å². The molecule has 0 N–H and O–H groups in total. The fraction of sp³-hybridized carbons (Fsp3) is 0.741. The molecule has 1 saturated carbocycles. The van der Waals surface area contributed by atoms with Crippen LogP contribution in [0.15, 0.2) is 0 Å². The molecule has 0 atom stereocenters. The molecule has 1 aliphatic heterocycles. The number of thiophene rings is 1. The number of nitrogens with zero attached hydrogens (tertiary/aromatic N) is 4. The number of aryl methyl sites for hydroxylation is 2. The summed E-state index contributed by atoms with van der Waals surface area (Å²) in [7, 11) is 0. The quantitative estimate of drug-likeness (QED) is 0.452. The highest BCUT2D eigenvalue weighted by Crippen LogP contribution is 2.42. The Balaban J connectivity index is 1.36. The van der Waals surface area contributed by atoms with Crippen molar-refractivity contribution in [3.05, 3.63) is 16.3 Å². The smallest absolute Gasteiger partial charge is 0.222 e. The highest BCUT2D eigenvalue weighted by molar-refractivity contribution is 7.19. The van der Waals surface area contributed by atoms with Crippen molar-refractivity contribution >= 4 is 33.3 Å². The summed E-state index contributed by atoms with van der Waals surface area (Å²) >= 11 is 1.93. The molecular weight excluding hydrogens is 428 g/mol. The van der Waals surface area contributed by atoms with Crippen molar-refractivity contribution in [1.29, 1.82) is 0 Å². The number of aromatic nitrogens is 2. The van der Waals surface area contributed by atoms with E-state index in [-0.39, 0.29) is 0 Å². The number of anilines is 1. The van der Waals surface area contributed by atoms with Gasteiger partial charge in [-0.3, -0.25) is 4.79 Å². The van der Waals surface area contributed by atoms with Crippen LogP contribution in [0, 0.1) is 0 Å². The Morgan fingerprint density at radius 1 is 0.939 bits per heavy atom. The third-order valence-electron chi connectivity index (χ3n) is 7.96. The van der Waals surface area contributed by atoms with Crippen LogP contribution in [0.2, 0.25) is 0 Å². The van der Waals surface area contributed by atoms with Crippen molar-refractivity contribution in [3.63, 3.8) is 0 Å². The first-order valence-corrected chi connectivity index (χ1v) is 14.4. The minimum absolute atomic E-state index is 0.342.